The van der Waals surface area contributed by atoms with E-state index < -0.39 is 11.5 Å². The topological polar surface area (TPSA) is 46.5 Å². The zero-order valence-corrected chi connectivity index (χ0v) is 7.04. The number of esters is 1. The van der Waals surface area contributed by atoms with Gasteiger partial charge in [0.15, 0.2) is 0 Å². The first-order valence-electron chi connectivity index (χ1n) is 4.08. The average Bonchev–Trinajstić information content (AvgIpc) is 2.72. The molecule has 2 fully saturated rings. The third kappa shape index (κ3) is 0.672. The molecule has 3 nitrogen and oxygen atoms in total. The van der Waals surface area contributed by atoms with Crippen molar-refractivity contribution in [3.63, 3.8) is 0 Å². The number of carbonyl (C=O) groups excluding carboxylic acids is 1. The maximum atomic E-state index is 11.3. The maximum Gasteiger partial charge on any atom is 0.316 e. The van der Waals surface area contributed by atoms with Crippen molar-refractivity contribution in [1.29, 1.82) is 0 Å². The molecule has 2 aliphatic rings. The van der Waals surface area contributed by atoms with E-state index in [9.17, 15) is 9.90 Å². The predicted octanol–water partition coefficient (Wildman–Crippen LogP) is 0.486. The van der Waals surface area contributed by atoms with Gasteiger partial charge in [-0.2, -0.15) is 0 Å². The highest BCUT2D eigenvalue weighted by atomic mass is 16.5. The molecule has 0 aromatic rings. The number of fused-ring (bicyclic) bond motifs is 1. The first kappa shape index (κ1) is 7.80. The Labute approximate surface area is 71.0 Å². The van der Waals surface area contributed by atoms with Crippen LogP contribution in [0.15, 0.2) is 12.2 Å². The molecule has 0 heterocycles. The van der Waals surface area contributed by atoms with E-state index in [4.69, 9.17) is 0 Å². The second-order valence-electron chi connectivity index (χ2n) is 3.64. The van der Waals surface area contributed by atoms with Gasteiger partial charge in [0.2, 0.25) is 0 Å². The lowest BCUT2D eigenvalue weighted by molar-refractivity contribution is -0.145. The number of ether oxygens (including phenoxy) is 1. The number of methoxy groups -OCH3 is 1. The van der Waals surface area contributed by atoms with E-state index in [0.717, 1.165) is 6.42 Å². The van der Waals surface area contributed by atoms with Crippen LogP contribution < -0.4 is 0 Å². The Bertz CT molecular complexity index is 258. The molecule has 66 valence electrons. The third-order valence-corrected chi connectivity index (χ3v) is 3.14. The van der Waals surface area contributed by atoms with Gasteiger partial charge in [-0.25, -0.2) is 0 Å². The molecule has 0 aromatic heterocycles. The van der Waals surface area contributed by atoms with Gasteiger partial charge in [-0.3, -0.25) is 4.79 Å². The Kier molecular flexibility index (Phi) is 1.37. The van der Waals surface area contributed by atoms with Crippen molar-refractivity contribution in [3.05, 3.63) is 12.2 Å². The van der Waals surface area contributed by atoms with Crippen LogP contribution >= 0.6 is 0 Å². The smallest absolute Gasteiger partial charge is 0.316 e. The first-order chi connectivity index (χ1) is 5.63. The Hall–Kier alpha value is -0.830. The molecule has 0 radical (unpaired) electrons. The molecule has 3 atom stereocenters. The lowest BCUT2D eigenvalue weighted by Gasteiger charge is -2.13. The first-order valence-corrected chi connectivity index (χ1v) is 4.08. The van der Waals surface area contributed by atoms with Crippen LogP contribution in [0.4, 0.5) is 0 Å². The van der Waals surface area contributed by atoms with E-state index in [1.807, 2.05) is 0 Å². The van der Waals surface area contributed by atoms with Gasteiger partial charge in [0.05, 0.1) is 18.6 Å². The van der Waals surface area contributed by atoms with E-state index in [1.54, 1.807) is 0 Å². The zero-order valence-electron chi connectivity index (χ0n) is 7.04. The summed E-state index contributed by atoms with van der Waals surface area (Å²) >= 11 is 0. The predicted molar refractivity (Wildman–Crippen MR) is 42.3 cm³/mol. The van der Waals surface area contributed by atoms with Crippen molar-refractivity contribution < 1.29 is 14.6 Å². The molecular weight excluding hydrogens is 156 g/mol. The van der Waals surface area contributed by atoms with Gasteiger partial charge < -0.3 is 9.84 Å². The Morgan fingerprint density at radius 1 is 1.83 bits per heavy atom. The minimum absolute atomic E-state index is 0.228. The normalized spacial score (nSPS) is 44.0. The SMILES string of the molecule is C=C1[C@@H](O)C[C@@H]2CC12C(=O)OC. The molecule has 0 spiro atoms. The summed E-state index contributed by atoms with van der Waals surface area (Å²) in [6.45, 7) is 3.75. The summed E-state index contributed by atoms with van der Waals surface area (Å²) in [6.07, 6.45) is 0.992. The number of aliphatic hydroxyl groups excluding tert-OH is 1. The van der Waals surface area contributed by atoms with Gasteiger partial charge in [0.1, 0.15) is 0 Å². The third-order valence-electron chi connectivity index (χ3n) is 3.14. The van der Waals surface area contributed by atoms with Crippen LogP contribution in [0.25, 0.3) is 0 Å². The van der Waals surface area contributed by atoms with Crippen LogP contribution in [0.1, 0.15) is 12.8 Å². The van der Waals surface area contributed by atoms with E-state index in [-0.39, 0.29) is 11.9 Å². The molecule has 0 saturated heterocycles. The molecule has 3 heteroatoms. The summed E-state index contributed by atoms with van der Waals surface area (Å²) in [6, 6.07) is 0. The molecule has 0 bridgehead atoms. The quantitative estimate of drug-likeness (QED) is 0.457. The monoisotopic (exact) mass is 168 g/mol. The second kappa shape index (κ2) is 2.10. The number of hydrogen-bond acceptors (Lipinski definition) is 3. The summed E-state index contributed by atoms with van der Waals surface area (Å²) in [5.41, 5.74) is 0.146. The summed E-state index contributed by atoms with van der Waals surface area (Å²) in [4.78, 5) is 11.3. The fourth-order valence-electron chi connectivity index (χ4n) is 2.28. The lowest BCUT2D eigenvalue weighted by atomic mass is 9.98. The van der Waals surface area contributed by atoms with Crippen molar-refractivity contribution in [2.45, 2.75) is 18.9 Å². The zero-order chi connectivity index (χ0) is 8.93. The van der Waals surface area contributed by atoms with Crippen LogP contribution in [-0.4, -0.2) is 24.3 Å². The number of hydrogen-bond donors (Lipinski definition) is 1. The molecule has 2 aliphatic carbocycles. The summed E-state index contributed by atoms with van der Waals surface area (Å²) in [5.74, 6) is 0.0569. The van der Waals surface area contributed by atoms with Gasteiger partial charge in [-0.15, -0.1) is 0 Å². The Balaban J connectivity index is 2.26. The van der Waals surface area contributed by atoms with Gasteiger partial charge in [0, 0.05) is 0 Å². The minimum atomic E-state index is -0.506. The molecule has 12 heavy (non-hydrogen) atoms. The highest BCUT2D eigenvalue weighted by Crippen LogP contribution is 2.66. The summed E-state index contributed by atoms with van der Waals surface area (Å²) in [5, 5.41) is 9.40. The van der Waals surface area contributed by atoms with Gasteiger partial charge in [-0.1, -0.05) is 6.58 Å². The van der Waals surface area contributed by atoms with Crippen LogP contribution in [-0.2, 0) is 9.53 Å². The second-order valence-corrected chi connectivity index (χ2v) is 3.64. The highest BCUT2D eigenvalue weighted by Gasteiger charge is 2.68. The fourth-order valence-corrected chi connectivity index (χ4v) is 2.28. The number of aliphatic hydroxyl groups is 1. The summed E-state index contributed by atoms with van der Waals surface area (Å²) < 4.78 is 4.69. The van der Waals surface area contributed by atoms with Crippen LogP contribution in [0.3, 0.4) is 0 Å². The van der Waals surface area contributed by atoms with E-state index in [1.165, 1.54) is 7.11 Å². The van der Waals surface area contributed by atoms with Crippen molar-refractivity contribution in [1.82, 2.24) is 0 Å². The number of carbonyl (C=O) groups is 1. The van der Waals surface area contributed by atoms with E-state index >= 15 is 0 Å². The fraction of sp³-hybridized carbons (Fsp3) is 0.667. The number of rotatable bonds is 1. The molecular formula is C9H12O3. The molecule has 0 aliphatic heterocycles. The van der Waals surface area contributed by atoms with Gasteiger partial charge in [0.25, 0.3) is 0 Å². The molecule has 0 amide bonds. The van der Waals surface area contributed by atoms with E-state index in [0.29, 0.717) is 12.0 Å². The molecule has 1 unspecified atom stereocenters. The van der Waals surface area contributed by atoms with Crippen molar-refractivity contribution in [2.24, 2.45) is 11.3 Å². The standard InChI is InChI=1S/C9H12O3/c1-5-7(10)3-6-4-9(5,6)8(11)12-2/h6-7,10H,1,3-4H2,2H3/t6-,7+,9?/m1/s1. The largest absolute Gasteiger partial charge is 0.468 e. The van der Waals surface area contributed by atoms with Crippen LogP contribution in [0.2, 0.25) is 0 Å². The maximum absolute atomic E-state index is 11.3. The van der Waals surface area contributed by atoms with Crippen molar-refractivity contribution >= 4 is 5.97 Å². The molecule has 0 aromatic carbocycles. The minimum Gasteiger partial charge on any atom is -0.468 e. The molecule has 2 rings (SSSR count). The van der Waals surface area contributed by atoms with E-state index in [2.05, 4.69) is 11.3 Å². The molecule has 2 saturated carbocycles. The van der Waals surface area contributed by atoms with Crippen molar-refractivity contribution in [2.75, 3.05) is 7.11 Å². The Morgan fingerprint density at radius 3 is 2.92 bits per heavy atom. The average molecular weight is 168 g/mol. The van der Waals surface area contributed by atoms with Gasteiger partial charge >= 0.3 is 5.97 Å². The van der Waals surface area contributed by atoms with Gasteiger partial charge in [-0.05, 0) is 24.3 Å². The Morgan fingerprint density at radius 2 is 2.50 bits per heavy atom. The van der Waals surface area contributed by atoms with Crippen LogP contribution in [0.5, 0.6) is 0 Å². The van der Waals surface area contributed by atoms with Crippen molar-refractivity contribution in [3.8, 4) is 0 Å². The highest BCUT2D eigenvalue weighted by molar-refractivity contribution is 5.85. The lowest BCUT2D eigenvalue weighted by Crippen LogP contribution is -2.22. The molecule has 1 N–H and O–H groups in total. The summed E-state index contributed by atoms with van der Waals surface area (Å²) in [7, 11) is 1.38. The van der Waals surface area contributed by atoms with Crippen LogP contribution in [0, 0.1) is 11.3 Å².